The Morgan fingerprint density at radius 3 is 3.00 bits per heavy atom. The van der Waals surface area contributed by atoms with Crippen LogP contribution < -0.4 is 4.74 Å². The lowest BCUT2D eigenvalue weighted by Gasteiger charge is -2.02. The van der Waals surface area contributed by atoms with Crippen LogP contribution in [0.2, 0.25) is 0 Å². The lowest BCUT2D eigenvalue weighted by atomic mass is 10.2. The third kappa shape index (κ3) is 3.11. The van der Waals surface area contributed by atoms with Crippen LogP contribution >= 0.6 is 0 Å². The van der Waals surface area contributed by atoms with Gasteiger partial charge in [-0.2, -0.15) is 0 Å². The molecule has 2 heteroatoms. The molecule has 0 aliphatic heterocycles. The van der Waals surface area contributed by atoms with Crippen LogP contribution in [0.1, 0.15) is 12.0 Å². The van der Waals surface area contributed by atoms with Crippen LogP contribution in [0, 0.1) is 6.92 Å². The van der Waals surface area contributed by atoms with Crippen molar-refractivity contribution >= 4 is 5.97 Å². The fourth-order valence-electron chi connectivity index (χ4n) is 0.970. The summed E-state index contributed by atoms with van der Waals surface area (Å²) in [6.07, 6.45) is 1.77. The van der Waals surface area contributed by atoms with Crippen molar-refractivity contribution in [3.8, 4) is 5.75 Å². The molecule has 0 saturated heterocycles. The number of hydrogen-bond donors (Lipinski definition) is 0. The Hall–Kier alpha value is -1.57. The number of carbonyl (C=O) groups excluding carboxylic acids is 1. The minimum atomic E-state index is -0.277. The summed E-state index contributed by atoms with van der Waals surface area (Å²) < 4.78 is 5.03. The van der Waals surface area contributed by atoms with Gasteiger partial charge in [0, 0.05) is 0 Å². The maximum atomic E-state index is 11.0. The predicted molar refractivity (Wildman–Crippen MR) is 51.6 cm³/mol. The van der Waals surface area contributed by atoms with Gasteiger partial charge in [-0.1, -0.05) is 18.2 Å². The van der Waals surface area contributed by atoms with Crippen molar-refractivity contribution in [2.45, 2.75) is 13.3 Å². The third-order valence-electron chi connectivity index (χ3n) is 1.53. The molecule has 68 valence electrons. The van der Waals surface area contributed by atoms with E-state index in [1.807, 2.05) is 25.1 Å². The van der Waals surface area contributed by atoms with Gasteiger partial charge in [0.25, 0.3) is 0 Å². The van der Waals surface area contributed by atoms with Crippen LogP contribution in [0.15, 0.2) is 36.9 Å². The average molecular weight is 176 g/mol. The Labute approximate surface area is 77.8 Å². The van der Waals surface area contributed by atoms with Crippen molar-refractivity contribution in [1.29, 1.82) is 0 Å². The van der Waals surface area contributed by atoms with E-state index in [9.17, 15) is 4.79 Å². The fraction of sp³-hybridized carbons (Fsp3) is 0.182. The Morgan fingerprint density at radius 1 is 1.62 bits per heavy atom. The monoisotopic (exact) mass is 176 g/mol. The van der Waals surface area contributed by atoms with Gasteiger partial charge in [-0.15, -0.1) is 6.58 Å². The van der Waals surface area contributed by atoms with E-state index in [2.05, 4.69) is 6.58 Å². The van der Waals surface area contributed by atoms with Crippen LogP contribution in [0.25, 0.3) is 0 Å². The van der Waals surface area contributed by atoms with Crippen molar-refractivity contribution < 1.29 is 9.53 Å². The number of ether oxygens (including phenoxy) is 1. The van der Waals surface area contributed by atoms with Crippen LogP contribution in [0.3, 0.4) is 0 Å². The van der Waals surface area contributed by atoms with Gasteiger partial charge in [0.05, 0.1) is 6.42 Å². The predicted octanol–water partition coefficient (Wildman–Crippen LogP) is 2.48. The van der Waals surface area contributed by atoms with E-state index in [1.54, 1.807) is 6.07 Å². The summed E-state index contributed by atoms with van der Waals surface area (Å²) in [5, 5.41) is 0. The van der Waals surface area contributed by atoms with E-state index in [-0.39, 0.29) is 12.4 Å². The normalized spacial score (nSPS) is 9.31. The summed E-state index contributed by atoms with van der Waals surface area (Å²) in [5.41, 5.74) is 1.07. The number of rotatable bonds is 3. The van der Waals surface area contributed by atoms with E-state index in [1.165, 1.54) is 6.08 Å². The smallest absolute Gasteiger partial charge is 0.315 e. The minimum absolute atomic E-state index is 0.244. The van der Waals surface area contributed by atoms with Gasteiger partial charge >= 0.3 is 5.97 Å². The molecule has 0 N–H and O–H groups in total. The number of carbonyl (C=O) groups is 1. The first kappa shape index (κ1) is 9.52. The number of esters is 1. The molecule has 2 nitrogen and oxygen atoms in total. The summed E-state index contributed by atoms with van der Waals surface area (Å²) >= 11 is 0. The standard InChI is InChI=1S/C11H12O2/c1-3-5-11(12)13-10-7-4-6-9(2)8-10/h3-4,6-8H,1,5H2,2H3. The summed E-state index contributed by atoms with van der Waals surface area (Å²) in [6.45, 7) is 5.41. The first-order valence-electron chi connectivity index (χ1n) is 4.10. The summed E-state index contributed by atoms with van der Waals surface area (Å²) in [6, 6.07) is 7.38. The second-order valence-corrected chi connectivity index (χ2v) is 2.78. The largest absolute Gasteiger partial charge is 0.426 e. The molecular formula is C11H12O2. The van der Waals surface area contributed by atoms with Gasteiger partial charge in [-0.3, -0.25) is 4.79 Å². The van der Waals surface area contributed by atoms with Crippen molar-refractivity contribution in [3.63, 3.8) is 0 Å². The fourth-order valence-corrected chi connectivity index (χ4v) is 0.970. The summed E-state index contributed by atoms with van der Waals surface area (Å²) in [4.78, 5) is 11.0. The lowest BCUT2D eigenvalue weighted by molar-refractivity contribution is -0.133. The third-order valence-corrected chi connectivity index (χ3v) is 1.53. The first-order valence-corrected chi connectivity index (χ1v) is 4.10. The molecule has 0 aliphatic rings. The molecule has 0 aliphatic carbocycles. The Balaban J connectivity index is 2.63. The molecular weight excluding hydrogens is 164 g/mol. The molecule has 0 amide bonds. The van der Waals surface area contributed by atoms with Gasteiger partial charge < -0.3 is 4.74 Å². The Bertz CT molecular complexity index is 316. The first-order chi connectivity index (χ1) is 6.22. The Morgan fingerprint density at radius 2 is 2.38 bits per heavy atom. The molecule has 0 saturated carbocycles. The molecule has 0 spiro atoms. The Kier molecular flexibility index (Phi) is 3.26. The van der Waals surface area contributed by atoms with Crippen molar-refractivity contribution in [2.24, 2.45) is 0 Å². The quantitative estimate of drug-likeness (QED) is 0.402. The molecule has 0 atom stereocenters. The van der Waals surface area contributed by atoms with E-state index in [0.29, 0.717) is 5.75 Å². The van der Waals surface area contributed by atoms with Gasteiger partial charge in [0.1, 0.15) is 5.75 Å². The molecule has 1 aromatic rings. The molecule has 0 bridgehead atoms. The van der Waals surface area contributed by atoms with Crippen LogP contribution in [-0.2, 0) is 4.79 Å². The molecule has 13 heavy (non-hydrogen) atoms. The molecule has 0 aromatic heterocycles. The van der Waals surface area contributed by atoms with Gasteiger partial charge in [0.15, 0.2) is 0 Å². The zero-order valence-corrected chi connectivity index (χ0v) is 7.62. The van der Waals surface area contributed by atoms with E-state index >= 15 is 0 Å². The van der Waals surface area contributed by atoms with Crippen LogP contribution in [0.5, 0.6) is 5.75 Å². The highest BCUT2D eigenvalue weighted by Gasteiger charge is 2.01. The van der Waals surface area contributed by atoms with Crippen molar-refractivity contribution in [3.05, 3.63) is 42.5 Å². The zero-order valence-electron chi connectivity index (χ0n) is 7.62. The molecule has 1 aromatic carbocycles. The molecule has 0 unspecified atom stereocenters. The summed E-state index contributed by atoms with van der Waals surface area (Å²) in [7, 11) is 0. The lowest BCUT2D eigenvalue weighted by Crippen LogP contribution is -2.05. The van der Waals surface area contributed by atoms with E-state index in [4.69, 9.17) is 4.74 Å². The molecule has 0 radical (unpaired) electrons. The maximum absolute atomic E-state index is 11.0. The minimum Gasteiger partial charge on any atom is -0.426 e. The zero-order chi connectivity index (χ0) is 9.68. The van der Waals surface area contributed by atoms with Crippen molar-refractivity contribution in [2.75, 3.05) is 0 Å². The topological polar surface area (TPSA) is 26.3 Å². The highest BCUT2D eigenvalue weighted by atomic mass is 16.5. The highest BCUT2D eigenvalue weighted by molar-refractivity contribution is 5.73. The van der Waals surface area contributed by atoms with E-state index in [0.717, 1.165) is 5.56 Å². The molecule has 0 fully saturated rings. The maximum Gasteiger partial charge on any atom is 0.315 e. The molecule has 0 heterocycles. The molecule has 1 rings (SSSR count). The number of benzene rings is 1. The SMILES string of the molecule is C=CCC(=O)Oc1cccc(C)c1. The second-order valence-electron chi connectivity index (χ2n) is 2.78. The highest BCUT2D eigenvalue weighted by Crippen LogP contribution is 2.12. The number of hydrogen-bond acceptors (Lipinski definition) is 2. The van der Waals surface area contributed by atoms with Crippen molar-refractivity contribution in [1.82, 2.24) is 0 Å². The summed E-state index contributed by atoms with van der Waals surface area (Å²) in [5.74, 6) is 0.312. The van der Waals surface area contributed by atoms with Gasteiger partial charge in [-0.25, -0.2) is 0 Å². The van der Waals surface area contributed by atoms with E-state index < -0.39 is 0 Å². The van der Waals surface area contributed by atoms with Gasteiger partial charge in [0.2, 0.25) is 0 Å². The van der Waals surface area contributed by atoms with Crippen LogP contribution in [0.4, 0.5) is 0 Å². The average Bonchev–Trinajstić information content (AvgIpc) is 2.04. The second kappa shape index (κ2) is 4.45. The van der Waals surface area contributed by atoms with Gasteiger partial charge in [-0.05, 0) is 24.6 Å². The number of aryl methyl sites for hydroxylation is 1. The van der Waals surface area contributed by atoms with Crippen LogP contribution in [-0.4, -0.2) is 5.97 Å².